The van der Waals surface area contributed by atoms with E-state index in [2.05, 4.69) is 35.5 Å². The molecule has 0 radical (unpaired) electrons. The number of pyridine rings is 1. The van der Waals surface area contributed by atoms with Gasteiger partial charge < -0.3 is 49.3 Å². The number of alkyl halides is 3. The van der Waals surface area contributed by atoms with Crippen LogP contribution < -0.4 is 25.7 Å². The highest BCUT2D eigenvalue weighted by Gasteiger charge is 2.31. The molecule has 0 spiro atoms. The molecule has 1 aliphatic heterocycles. The maximum Gasteiger partial charge on any atom is 0.573 e. The van der Waals surface area contributed by atoms with E-state index in [0.29, 0.717) is 99.5 Å². The zero-order valence-electron chi connectivity index (χ0n) is 30.0. The first kappa shape index (κ1) is 41.1. The van der Waals surface area contributed by atoms with E-state index in [1.807, 2.05) is 0 Å². The Labute approximate surface area is 315 Å². The van der Waals surface area contributed by atoms with Crippen LogP contribution in [0, 0.1) is 6.92 Å². The summed E-state index contributed by atoms with van der Waals surface area (Å²) >= 11 is 0. The summed E-state index contributed by atoms with van der Waals surface area (Å²) in [6.45, 7) is 5.84. The second-order valence-electron chi connectivity index (χ2n) is 12.4. The van der Waals surface area contributed by atoms with E-state index in [4.69, 9.17) is 18.9 Å². The monoisotopic (exact) mass is 770 g/mol. The number of ether oxygens (including phenoxy) is 5. The molecule has 55 heavy (non-hydrogen) atoms. The summed E-state index contributed by atoms with van der Waals surface area (Å²) in [5.41, 5.74) is 3.21. The van der Waals surface area contributed by atoms with Crippen LogP contribution in [0.1, 0.15) is 32.7 Å². The van der Waals surface area contributed by atoms with Crippen molar-refractivity contribution in [3.05, 3.63) is 83.7 Å². The summed E-state index contributed by atoms with van der Waals surface area (Å²) in [6.07, 6.45) is -1.08. The summed E-state index contributed by atoms with van der Waals surface area (Å²) in [7, 11) is -1.59. The fraction of sp³-hybridized carbons (Fsp3) is 0.389. The van der Waals surface area contributed by atoms with Crippen LogP contribution >= 0.6 is 0 Å². The minimum Gasteiger partial charge on any atom is -0.423 e. The predicted molar refractivity (Wildman–Crippen MR) is 195 cm³/mol. The molecule has 5 rings (SSSR count). The van der Waals surface area contributed by atoms with Crippen LogP contribution in [-0.4, -0.2) is 123 Å². The van der Waals surface area contributed by atoms with Crippen molar-refractivity contribution < 1.29 is 56.5 Å². The van der Waals surface area contributed by atoms with Gasteiger partial charge in [-0.05, 0) is 67.3 Å². The zero-order valence-corrected chi connectivity index (χ0v) is 30.0. The molecule has 19 heteroatoms. The Morgan fingerprint density at radius 1 is 0.927 bits per heavy atom. The van der Waals surface area contributed by atoms with Crippen molar-refractivity contribution in [3.8, 4) is 17.0 Å². The van der Waals surface area contributed by atoms with Crippen LogP contribution in [0.15, 0.2) is 67.0 Å². The number of amides is 2. The molecule has 2 aromatic heterocycles. The van der Waals surface area contributed by atoms with Crippen molar-refractivity contribution in [2.24, 2.45) is 0 Å². The Kier molecular flexibility index (Phi) is 15.0. The third-order valence-electron chi connectivity index (χ3n) is 8.38. The molecule has 1 fully saturated rings. The lowest BCUT2D eigenvalue weighted by Crippen LogP contribution is -2.33. The van der Waals surface area contributed by atoms with Crippen molar-refractivity contribution in [3.63, 3.8) is 0 Å². The molecule has 2 aromatic carbocycles. The van der Waals surface area contributed by atoms with Gasteiger partial charge in [0.25, 0.3) is 11.8 Å². The average molecular weight is 771 g/mol. The van der Waals surface area contributed by atoms with E-state index >= 15 is 0 Å². The first-order valence-electron chi connectivity index (χ1n) is 17.5. The standard InChI is InChI=1S/C36H42BF3N6O9/c1-24-20-25(2-7-31(24)37(49)50)34(47)41-11-13-51-14-15-52-16-17-53-18-19-54-29-9-12-46(23-29)33-30(32-8-10-43-45-32)21-26(22-42-33)35(48)44-27-3-5-28(6-4-27)55-36(38,39)40/h2-8,10,20-22,29,49-50H,9,11-19,23H2,1H3,(H,41,47)(H,43,45)(H,44,48). The zero-order chi connectivity index (χ0) is 39.2. The number of nitrogens with one attached hydrogen (secondary N) is 3. The molecule has 294 valence electrons. The summed E-state index contributed by atoms with van der Waals surface area (Å²) in [4.78, 5) is 32.0. The predicted octanol–water partition coefficient (Wildman–Crippen LogP) is 2.69. The van der Waals surface area contributed by atoms with Gasteiger partial charge in [0.15, 0.2) is 0 Å². The maximum atomic E-state index is 13.0. The molecule has 15 nitrogen and oxygen atoms in total. The molecule has 0 aliphatic carbocycles. The molecule has 1 atom stereocenters. The van der Waals surface area contributed by atoms with Crippen molar-refractivity contribution in [1.82, 2.24) is 20.5 Å². The van der Waals surface area contributed by atoms with E-state index in [-0.39, 0.29) is 23.3 Å². The minimum atomic E-state index is -4.81. The number of carbonyl (C=O) groups excluding carboxylic acids is 2. The molecule has 4 aromatic rings. The summed E-state index contributed by atoms with van der Waals surface area (Å²) in [5, 5.41) is 31.0. The molecule has 0 saturated carbocycles. The van der Waals surface area contributed by atoms with Gasteiger partial charge in [-0.15, -0.1) is 13.2 Å². The van der Waals surface area contributed by atoms with E-state index in [9.17, 15) is 32.8 Å². The third kappa shape index (κ3) is 12.8. The highest BCUT2D eigenvalue weighted by molar-refractivity contribution is 6.59. The Morgan fingerprint density at radius 3 is 2.29 bits per heavy atom. The minimum absolute atomic E-state index is 0.0598. The van der Waals surface area contributed by atoms with Gasteiger partial charge in [-0.1, -0.05) is 11.6 Å². The van der Waals surface area contributed by atoms with E-state index in [1.165, 1.54) is 30.5 Å². The summed E-state index contributed by atoms with van der Waals surface area (Å²) in [6, 6.07) is 12.9. The smallest absolute Gasteiger partial charge is 0.423 e. The number of benzene rings is 2. The van der Waals surface area contributed by atoms with Gasteiger partial charge in [0, 0.05) is 48.8 Å². The lowest BCUT2D eigenvalue weighted by molar-refractivity contribution is -0.274. The fourth-order valence-electron chi connectivity index (χ4n) is 5.70. The Bertz CT molecular complexity index is 1830. The van der Waals surface area contributed by atoms with Crippen molar-refractivity contribution in [2.45, 2.75) is 25.8 Å². The molecular formula is C36H42BF3N6O9. The molecular weight excluding hydrogens is 728 g/mol. The first-order valence-corrected chi connectivity index (χ1v) is 17.5. The van der Waals surface area contributed by atoms with Crippen LogP contribution in [-0.2, 0) is 18.9 Å². The molecule has 2 amide bonds. The Hall–Kier alpha value is -5.05. The lowest BCUT2D eigenvalue weighted by atomic mass is 9.77. The highest BCUT2D eigenvalue weighted by atomic mass is 19.4. The number of carbonyl (C=O) groups is 2. The van der Waals surface area contributed by atoms with Gasteiger partial charge in [0.2, 0.25) is 0 Å². The molecule has 1 saturated heterocycles. The molecule has 1 unspecified atom stereocenters. The van der Waals surface area contributed by atoms with Crippen molar-refractivity contribution in [1.29, 1.82) is 0 Å². The summed E-state index contributed by atoms with van der Waals surface area (Å²) < 4.78 is 64.0. The van der Waals surface area contributed by atoms with Crippen LogP contribution in [0.5, 0.6) is 5.75 Å². The number of aromatic nitrogens is 3. The van der Waals surface area contributed by atoms with Gasteiger partial charge in [-0.3, -0.25) is 14.7 Å². The highest BCUT2D eigenvalue weighted by Crippen LogP contribution is 2.32. The van der Waals surface area contributed by atoms with Crippen LogP contribution in [0.25, 0.3) is 11.3 Å². The Balaban J connectivity index is 0.951. The number of hydrogen-bond acceptors (Lipinski definition) is 12. The normalized spacial score (nSPS) is 14.2. The van der Waals surface area contributed by atoms with Crippen LogP contribution in [0.3, 0.4) is 0 Å². The molecule has 3 heterocycles. The number of hydrogen-bond donors (Lipinski definition) is 5. The molecule has 1 aliphatic rings. The van der Waals surface area contributed by atoms with Crippen LogP contribution in [0.4, 0.5) is 24.7 Å². The van der Waals surface area contributed by atoms with E-state index in [1.54, 1.807) is 31.3 Å². The second-order valence-corrected chi connectivity index (χ2v) is 12.4. The number of aryl methyl sites for hydroxylation is 1. The second kappa shape index (κ2) is 20.0. The molecule has 0 bridgehead atoms. The van der Waals surface area contributed by atoms with Crippen molar-refractivity contribution in [2.75, 3.05) is 76.1 Å². The first-order chi connectivity index (χ1) is 26.5. The average Bonchev–Trinajstić information content (AvgIpc) is 3.86. The number of nitrogens with zero attached hydrogens (tertiary/aromatic N) is 3. The molecule has 5 N–H and O–H groups in total. The number of anilines is 2. The van der Waals surface area contributed by atoms with Gasteiger partial charge in [0.1, 0.15) is 11.6 Å². The van der Waals surface area contributed by atoms with Gasteiger partial charge >= 0.3 is 13.5 Å². The fourth-order valence-corrected chi connectivity index (χ4v) is 5.70. The number of H-pyrrole nitrogens is 1. The maximum absolute atomic E-state index is 13.0. The van der Waals surface area contributed by atoms with E-state index < -0.39 is 25.1 Å². The lowest BCUT2D eigenvalue weighted by Gasteiger charge is -2.21. The van der Waals surface area contributed by atoms with E-state index in [0.717, 1.165) is 18.6 Å². The summed E-state index contributed by atoms with van der Waals surface area (Å²) in [5.74, 6) is -0.530. The Morgan fingerprint density at radius 2 is 1.64 bits per heavy atom. The number of aromatic amines is 1. The topological polar surface area (TPSA) is 190 Å². The van der Waals surface area contributed by atoms with Gasteiger partial charge in [0.05, 0.1) is 63.6 Å². The van der Waals surface area contributed by atoms with Gasteiger partial charge in [-0.25, -0.2) is 4.98 Å². The number of rotatable bonds is 20. The largest absolute Gasteiger partial charge is 0.573 e. The van der Waals surface area contributed by atoms with Crippen LogP contribution in [0.2, 0.25) is 0 Å². The van der Waals surface area contributed by atoms with Gasteiger partial charge in [-0.2, -0.15) is 5.10 Å². The number of halogens is 3. The third-order valence-corrected chi connectivity index (χ3v) is 8.38. The SMILES string of the molecule is Cc1cc(C(=O)NCCOCCOCCOCCOC2CCN(c3ncc(C(=O)Nc4ccc(OC(F)(F)F)cc4)cc3-c3ccn[nH]3)C2)ccc1B(O)O. The van der Waals surface area contributed by atoms with Crippen molar-refractivity contribution >= 4 is 35.9 Å². The quantitative estimate of drug-likeness (QED) is 0.0654.